The van der Waals surface area contributed by atoms with Crippen molar-refractivity contribution < 1.29 is 27.5 Å². The van der Waals surface area contributed by atoms with E-state index in [0.29, 0.717) is 24.0 Å². The van der Waals surface area contributed by atoms with Gasteiger partial charge in [-0.1, -0.05) is 38.0 Å². The van der Waals surface area contributed by atoms with Crippen LogP contribution in [0.15, 0.2) is 47.4 Å². The molecule has 2 heterocycles. The molecule has 2 aromatic heterocycles. The van der Waals surface area contributed by atoms with E-state index in [1.807, 2.05) is 52.0 Å². The number of rotatable bonds is 12. The van der Waals surface area contributed by atoms with Gasteiger partial charge in [0.25, 0.3) is 5.56 Å². The van der Waals surface area contributed by atoms with Crippen LogP contribution >= 0.6 is 0 Å². The van der Waals surface area contributed by atoms with E-state index in [1.54, 1.807) is 32.0 Å². The lowest BCUT2D eigenvalue weighted by Crippen LogP contribution is -2.41. The molecular weight excluding hydrogens is 609 g/mol. The molecule has 0 aliphatic heterocycles. The highest BCUT2D eigenvalue weighted by molar-refractivity contribution is 5.82. The number of nitrogens with zero attached hydrogens (tertiary/aromatic N) is 3. The lowest BCUT2D eigenvalue weighted by Gasteiger charge is -2.26. The zero-order valence-electron chi connectivity index (χ0n) is 28.2. The fraction of sp³-hybridized carbons (Fsp3) is 0.444. The van der Waals surface area contributed by atoms with Gasteiger partial charge in [-0.2, -0.15) is 13.2 Å². The molecule has 3 aromatic rings. The zero-order valence-corrected chi connectivity index (χ0v) is 28.2. The van der Waals surface area contributed by atoms with E-state index in [-0.39, 0.29) is 30.7 Å². The number of aromatic nitrogens is 2. The average Bonchev–Trinajstić information content (AvgIpc) is 2.98. The van der Waals surface area contributed by atoms with Gasteiger partial charge in [-0.3, -0.25) is 14.4 Å². The minimum absolute atomic E-state index is 0.0133. The van der Waals surface area contributed by atoms with Gasteiger partial charge in [-0.15, -0.1) is 0 Å². The van der Waals surface area contributed by atoms with Gasteiger partial charge in [0.1, 0.15) is 11.7 Å². The second-order valence-electron chi connectivity index (χ2n) is 12.3. The number of alkyl halides is 3. The normalized spacial score (nSPS) is 12.8. The first-order valence-electron chi connectivity index (χ1n) is 15.4. The number of nitrogens with one attached hydrogen (secondary N) is 1. The highest BCUT2D eigenvalue weighted by atomic mass is 19.4. The molecule has 252 valence electrons. The van der Waals surface area contributed by atoms with E-state index in [4.69, 9.17) is 4.74 Å². The molecule has 1 amide bonds. The van der Waals surface area contributed by atoms with Crippen LogP contribution in [0, 0.1) is 31.6 Å². The van der Waals surface area contributed by atoms with Gasteiger partial charge in [0.2, 0.25) is 5.91 Å². The molecule has 0 aliphatic carbocycles. The number of benzene rings is 1. The van der Waals surface area contributed by atoms with E-state index in [2.05, 4.69) is 22.1 Å². The number of halogens is 3. The molecule has 8 nitrogen and oxygen atoms in total. The Morgan fingerprint density at radius 2 is 1.77 bits per heavy atom. The lowest BCUT2D eigenvalue weighted by molar-refractivity contribution is -0.141. The monoisotopic (exact) mass is 652 g/mol. The molecule has 0 aliphatic rings. The number of hydrogen-bond donors (Lipinski definition) is 1. The van der Waals surface area contributed by atoms with E-state index < -0.39 is 41.3 Å². The molecule has 11 heteroatoms. The summed E-state index contributed by atoms with van der Waals surface area (Å²) >= 11 is 0. The van der Waals surface area contributed by atoms with Crippen LogP contribution < -0.4 is 10.9 Å². The molecule has 1 N–H and O–H groups in total. The first kappa shape index (κ1) is 37.0. The van der Waals surface area contributed by atoms with Crippen LogP contribution in [0.1, 0.15) is 79.3 Å². The third-order valence-electron chi connectivity index (χ3n) is 7.77. The van der Waals surface area contributed by atoms with Gasteiger partial charge in [0.05, 0.1) is 30.8 Å². The maximum Gasteiger partial charge on any atom is 0.416 e. The fourth-order valence-corrected chi connectivity index (χ4v) is 5.52. The molecule has 0 bridgehead atoms. The van der Waals surface area contributed by atoms with Crippen LogP contribution in [0.4, 0.5) is 13.2 Å². The minimum atomic E-state index is -4.74. The largest absolute Gasteiger partial charge is 0.469 e. The summed E-state index contributed by atoms with van der Waals surface area (Å²) in [5, 5.41) is 2.88. The topological polar surface area (TPSA) is 93.5 Å². The number of likely N-dealkylation sites (N-methyl/N-ethyl adjacent to an activating group) is 1. The number of carbonyl (C=O) groups is 2. The van der Waals surface area contributed by atoms with Crippen molar-refractivity contribution in [2.24, 2.45) is 5.92 Å². The fourth-order valence-electron chi connectivity index (χ4n) is 5.52. The van der Waals surface area contributed by atoms with Crippen LogP contribution in [0.2, 0.25) is 0 Å². The number of carbonyl (C=O) groups excluding carboxylic acids is 2. The summed E-state index contributed by atoms with van der Waals surface area (Å²) in [6.07, 6.45) is -3.72. The van der Waals surface area contributed by atoms with E-state index in [9.17, 15) is 27.6 Å². The summed E-state index contributed by atoms with van der Waals surface area (Å²) in [6, 6.07) is 7.93. The highest BCUT2D eigenvalue weighted by Crippen LogP contribution is 2.33. The van der Waals surface area contributed by atoms with Gasteiger partial charge >= 0.3 is 12.1 Å². The van der Waals surface area contributed by atoms with Crippen LogP contribution in [0.25, 0.3) is 11.1 Å². The Balaban J connectivity index is 2.17. The minimum Gasteiger partial charge on any atom is -0.469 e. The second-order valence-corrected chi connectivity index (χ2v) is 12.3. The summed E-state index contributed by atoms with van der Waals surface area (Å²) in [6.45, 7) is 9.62. The van der Waals surface area contributed by atoms with Crippen molar-refractivity contribution in [1.82, 2.24) is 19.8 Å². The molecule has 0 fully saturated rings. The number of esters is 1. The molecule has 0 radical (unpaired) electrons. The molecule has 0 spiro atoms. The van der Waals surface area contributed by atoms with E-state index >= 15 is 0 Å². The van der Waals surface area contributed by atoms with Gasteiger partial charge in [-0.05, 0) is 99.5 Å². The quantitative estimate of drug-likeness (QED) is 0.190. The Labute approximate surface area is 274 Å². The number of pyridine rings is 2. The number of hydrogen-bond acceptors (Lipinski definition) is 6. The molecule has 0 saturated heterocycles. The standard InChI is InChI=1S/C36H43F3N4O4/c1-9-11-27-17-26(34-23(4)12-10-13-24(34)5)18-29(40-27)30(20-33(45)47-8)41-35(46)31(16-22(2)3)43-21-25(14-15-42(6)7)28(19-32(43)44)36(37,38)39/h10,12-13,17-19,21-22,30-31H,14-16,20H2,1-8H3,(H,41,46)/t30-,31?/m0/s1. The molecule has 1 unspecified atom stereocenters. The molecule has 47 heavy (non-hydrogen) atoms. The predicted octanol–water partition coefficient (Wildman–Crippen LogP) is 6.03. The number of amides is 1. The molecule has 2 atom stereocenters. The van der Waals surface area contributed by atoms with Crippen LogP contribution in [0.3, 0.4) is 0 Å². The van der Waals surface area contributed by atoms with Gasteiger partial charge in [0, 0.05) is 18.8 Å². The number of methoxy groups -OCH3 is 1. The summed E-state index contributed by atoms with van der Waals surface area (Å²) in [5.74, 6) is 4.44. The third-order valence-corrected chi connectivity index (χ3v) is 7.77. The Morgan fingerprint density at radius 1 is 1.11 bits per heavy atom. The van der Waals surface area contributed by atoms with Crippen LogP contribution in [-0.4, -0.2) is 54.1 Å². The van der Waals surface area contributed by atoms with Crippen molar-refractivity contribution in [3.05, 3.63) is 86.6 Å². The summed E-state index contributed by atoms with van der Waals surface area (Å²) in [4.78, 5) is 46.4. The Bertz CT molecular complexity index is 1700. The van der Waals surface area contributed by atoms with Gasteiger partial charge < -0.3 is 19.5 Å². The van der Waals surface area contributed by atoms with Crippen molar-refractivity contribution >= 4 is 11.9 Å². The third kappa shape index (κ3) is 9.78. The lowest BCUT2D eigenvalue weighted by atomic mass is 9.94. The van der Waals surface area contributed by atoms with Crippen molar-refractivity contribution in [1.29, 1.82) is 0 Å². The van der Waals surface area contributed by atoms with Crippen molar-refractivity contribution in [2.45, 2.75) is 72.1 Å². The van der Waals surface area contributed by atoms with E-state index in [1.165, 1.54) is 7.11 Å². The summed E-state index contributed by atoms with van der Waals surface area (Å²) < 4.78 is 47.9. The summed E-state index contributed by atoms with van der Waals surface area (Å²) in [5.41, 5.74) is 2.46. The maximum atomic E-state index is 14.1. The van der Waals surface area contributed by atoms with Crippen molar-refractivity contribution in [3.63, 3.8) is 0 Å². The van der Waals surface area contributed by atoms with E-state index in [0.717, 1.165) is 33.0 Å². The Hall–Kier alpha value is -4.43. The predicted molar refractivity (Wildman–Crippen MR) is 176 cm³/mol. The van der Waals surface area contributed by atoms with Crippen LogP contribution in [0.5, 0.6) is 0 Å². The maximum absolute atomic E-state index is 14.1. The van der Waals surface area contributed by atoms with Gasteiger partial charge in [-0.25, -0.2) is 4.98 Å². The number of ether oxygens (including phenoxy) is 1. The zero-order chi connectivity index (χ0) is 35.1. The molecular formula is C36H43F3N4O4. The van der Waals surface area contributed by atoms with Gasteiger partial charge in [0.15, 0.2) is 0 Å². The first-order valence-corrected chi connectivity index (χ1v) is 15.4. The van der Waals surface area contributed by atoms with Crippen molar-refractivity contribution in [2.75, 3.05) is 27.7 Å². The molecule has 0 saturated carbocycles. The molecule has 1 aromatic carbocycles. The number of aryl methyl sites for hydroxylation is 2. The summed E-state index contributed by atoms with van der Waals surface area (Å²) in [7, 11) is 4.70. The smallest absolute Gasteiger partial charge is 0.416 e. The SMILES string of the molecule is CC#Cc1cc(-c2c(C)cccc2C)cc([C@H](CC(=O)OC)NC(=O)C(CC(C)C)n2cc(CCN(C)C)c(C(F)(F)F)cc2=O)n1. The molecule has 3 rings (SSSR count). The first-order chi connectivity index (χ1) is 22.0. The highest BCUT2D eigenvalue weighted by Gasteiger charge is 2.36. The Kier molecular flexibility index (Phi) is 12.5. The van der Waals surface area contributed by atoms with Crippen molar-refractivity contribution in [3.8, 4) is 23.0 Å². The average molecular weight is 653 g/mol. The van der Waals surface area contributed by atoms with Crippen LogP contribution in [-0.2, 0) is 26.9 Å². The second kappa shape index (κ2) is 15.9. The Morgan fingerprint density at radius 3 is 2.32 bits per heavy atom.